The predicted molar refractivity (Wildman–Crippen MR) is 107 cm³/mol. The van der Waals surface area contributed by atoms with Gasteiger partial charge in [-0.2, -0.15) is 0 Å². The van der Waals surface area contributed by atoms with E-state index >= 15 is 0 Å². The standard InChI is InChI=1S/C21H18ClN3O2/c1-26-19-9-6-15(11-17(19)23)18-12-25-10-2-3-20(21(25)24-18)27-13-14-4-7-16(22)8-5-14/h2-12H,13,23H2,1H3. The molecule has 136 valence electrons. The Morgan fingerprint density at radius 2 is 1.89 bits per heavy atom. The fourth-order valence-corrected chi connectivity index (χ4v) is 3.00. The van der Waals surface area contributed by atoms with Crippen LogP contribution in [-0.4, -0.2) is 16.5 Å². The largest absolute Gasteiger partial charge is 0.495 e. The molecule has 0 spiro atoms. The number of benzene rings is 2. The van der Waals surface area contributed by atoms with Crippen LogP contribution in [0.25, 0.3) is 16.9 Å². The van der Waals surface area contributed by atoms with Crippen molar-refractivity contribution in [2.45, 2.75) is 6.61 Å². The highest BCUT2D eigenvalue weighted by molar-refractivity contribution is 6.30. The smallest absolute Gasteiger partial charge is 0.180 e. The van der Waals surface area contributed by atoms with Crippen LogP contribution in [0.1, 0.15) is 5.56 Å². The number of hydrogen-bond donors (Lipinski definition) is 1. The summed E-state index contributed by atoms with van der Waals surface area (Å²) in [6.07, 6.45) is 3.89. The predicted octanol–water partition coefficient (Wildman–Crippen LogP) is 4.82. The first-order valence-electron chi connectivity index (χ1n) is 8.43. The molecular formula is C21H18ClN3O2. The molecule has 0 aliphatic carbocycles. The monoisotopic (exact) mass is 379 g/mol. The maximum Gasteiger partial charge on any atom is 0.180 e. The third-order valence-corrected chi connectivity index (χ3v) is 4.53. The molecule has 6 heteroatoms. The summed E-state index contributed by atoms with van der Waals surface area (Å²) in [5.41, 5.74) is 10.1. The SMILES string of the molecule is COc1ccc(-c2cn3cccc(OCc4ccc(Cl)cc4)c3n2)cc1N. The molecule has 0 radical (unpaired) electrons. The van der Waals surface area contributed by atoms with Gasteiger partial charge in [0.05, 0.1) is 18.5 Å². The molecule has 4 aromatic rings. The van der Waals surface area contributed by atoms with Gasteiger partial charge in [-0.3, -0.25) is 0 Å². The van der Waals surface area contributed by atoms with Crippen LogP contribution < -0.4 is 15.2 Å². The molecule has 4 rings (SSSR count). The van der Waals surface area contributed by atoms with E-state index in [1.165, 1.54) is 0 Å². The second-order valence-electron chi connectivity index (χ2n) is 6.10. The van der Waals surface area contributed by atoms with Crippen molar-refractivity contribution in [2.75, 3.05) is 12.8 Å². The zero-order chi connectivity index (χ0) is 18.8. The maximum atomic E-state index is 6.02. The molecular weight excluding hydrogens is 362 g/mol. The van der Waals surface area contributed by atoms with Gasteiger partial charge in [0.15, 0.2) is 11.4 Å². The summed E-state index contributed by atoms with van der Waals surface area (Å²) >= 11 is 5.93. The number of nitrogen functional groups attached to an aromatic ring is 1. The Hall–Kier alpha value is -3.18. The van der Waals surface area contributed by atoms with E-state index < -0.39 is 0 Å². The van der Waals surface area contributed by atoms with Crippen molar-refractivity contribution < 1.29 is 9.47 Å². The zero-order valence-electron chi connectivity index (χ0n) is 14.7. The van der Waals surface area contributed by atoms with Gasteiger partial charge in [-0.15, -0.1) is 0 Å². The van der Waals surface area contributed by atoms with Crippen LogP contribution in [-0.2, 0) is 6.61 Å². The van der Waals surface area contributed by atoms with Crippen molar-refractivity contribution in [1.82, 2.24) is 9.38 Å². The van der Waals surface area contributed by atoms with E-state index in [2.05, 4.69) is 0 Å². The number of rotatable bonds is 5. The Morgan fingerprint density at radius 1 is 1.07 bits per heavy atom. The molecule has 0 unspecified atom stereocenters. The normalized spacial score (nSPS) is 10.9. The number of aromatic nitrogens is 2. The third-order valence-electron chi connectivity index (χ3n) is 4.28. The van der Waals surface area contributed by atoms with E-state index in [0.717, 1.165) is 22.5 Å². The molecule has 2 aromatic carbocycles. The number of halogens is 1. The molecule has 2 heterocycles. The first-order chi connectivity index (χ1) is 13.1. The number of imidazole rings is 1. The Morgan fingerprint density at radius 3 is 2.63 bits per heavy atom. The van der Waals surface area contributed by atoms with Gasteiger partial charge >= 0.3 is 0 Å². The van der Waals surface area contributed by atoms with Gasteiger partial charge in [-0.25, -0.2) is 4.98 Å². The fourth-order valence-electron chi connectivity index (χ4n) is 2.87. The number of methoxy groups -OCH3 is 1. The first-order valence-corrected chi connectivity index (χ1v) is 8.80. The molecule has 0 atom stereocenters. The third kappa shape index (κ3) is 3.55. The lowest BCUT2D eigenvalue weighted by Crippen LogP contribution is -1.97. The summed E-state index contributed by atoms with van der Waals surface area (Å²) in [7, 11) is 1.60. The van der Waals surface area contributed by atoms with Crippen LogP contribution in [0.5, 0.6) is 11.5 Å². The average Bonchev–Trinajstić information content (AvgIpc) is 3.12. The lowest BCUT2D eigenvalue weighted by atomic mass is 10.1. The summed E-state index contributed by atoms with van der Waals surface area (Å²) in [6.45, 7) is 0.439. The number of ether oxygens (including phenoxy) is 2. The lowest BCUT2D eigenvalue weighted by molar-refractivity contribution is 0.308. The van der Waals surface area contributed by atoms with Crippen molar-refractivity contribution in [3.05, 3.63) is 77.6 Å². The summed E-state index contributed by atoms with van der Waals surface area (Å²) < 4.78 is 13.1. The molecule has 0 saturated heterocycles. The Bertz CT molecular complexity index is 1090. The molecule has 0 bridgehead atoms. The lowest BCUT2D eigenvalue weighted by Gasteiger charge is -2.07. The Balaban J connectivity index is 1.63. The van der Waals surface area contributed by atoms with Crippen LogP contribution in [0.3, 0.4) is 0 Å². The van der Waals surface area contributed by atoms with Gasteiger partial charge in [0.1, 0.15) is 12.4 Å². The van der Waals surface area contributed by atoms with Crippen molar-refractivity contribution >= 4 is 22.9 Å². The molecule has 27 heavy (non-hydrogen) atoms. The minimum atomic E-state index is 0.439. The van der Waals surface area contributed by atoms with Crippen LogP contribution in [0.4, 0.5) is 5.69 Å². The highest BCUT2D eigenvalue weighted by Gasteiger charge is 2.11. The minimum Gasteiger partial charge on any atom is -0.495 e. The van der Waals surface area contributed by atoms with Gasteiger partial charge in [-0.05, 0) is 48.0 Å². The second-order valence-corrected chi connectivity index (χ2v) is 6.54. The number of fused-ring (bicyclic) bond motifs is 1. The molecule has 5 nitrogen and oxygen atoms in total. The van der Waals surface area contributed by atoms with Crippen molar-refractivity contribution in [1.29, 1.82) is 0 Å². The summed E-state index contributed by atoms with van der Waals surface area (Å²) in [4.78, 5) is 4.73. The van der Waals surface area contributed by atoms with Gasteiger partial charge in [0, 0.05) is 23.0 Å². The Labute approximate surface area is 161 Å². The molecule has 0 saturated carbocycles. The summed E-state index contributed by atoms with van der Waals surface area (Å²) in [5.74, 6) is 1.36. The van der Waals surface area contributed by atoms with Crippen LogP contribution in [0.2, 0.25) is 5.02 Å². The van der Waals surface area contributed by atoms with E-state index in [9.17, 15) is 0 Å². The second kappa shape index (κ2) is 7.21. The topological polar surface area (TPSA) is 61.8 Å². The van der Waals surface area contributed by atoms with Gasteiger partial charge in [0.25, 0.3) is 0 Å². The van der Waals surface area contributed by atoms with E-state index in [0.29, 0.717) is 28.8 Å². The number of pyridine rings is 1. The highest BCUT2D eigenvalue weighted by atomic mass is 35.5. The van der Waals surface area contributed by atoms with E-state index in [-0.39, 0.29) is 0 Å². The first kappa shape index (κ1) is 17.2. The maximum absolute atomic E-state index is 6.02. The number of nitrogens with zero attached hydrogens (tertiary/aromatic N) is 2. The molecule has 2 aromatic heterocycles. The molecule has 0 aliphatic heterocycles. The van der Waals surface area contributed by atoms with Crippen molar-refractivity contribution in [3.8, 4) is 22.8 Å². The molecule has 0 aliphatic rings. The molecule has 0 amide bonds. The van der Waals surface area contributed by atoms with E-state index in [4.69, 9.17) is 31.8 Å². The van der Waals surface area contributed by atoms with Gasteiger partial charge in [0.2, 0.25) is 0 Å². The quantitative estimate of drug-likeness (QED) is 0.505. The average molecular weight is 380 g/mol. The van der Waals surface area contributed by atoms with Crippen LogP contribution in [0.15, 0.2) is 67.0 Å². The van der Waals surface area contributed by atoms with Crippen LogP contribution in [0, 0.1) is 0 Å². The molecule has 2 N–H and O–H groups in total. The Kier molecular flexibility index (Phi) is 4.60. The summed E-state index contributed by atoms with van der Waals surface area (Å²) in [6, 6.07) is 17.1. The zero-order valence-corrected chi connectivity index (χ0v) is 15.5. The van der Waals surface area contributed by atoms with Crippen molar-refractivity contribution in [2.24, 2.45) is 0 Å². The van der Waals surface area contributed by atoms with Crippen LogP contribution >= 0.6 is 11.6 Å². The number of anilines is 1. The minimum absolute atomic E-state index is 0.439. The number of hydrogen-bond acceptors (Lipinski definition) is 4. The molecule has 0 fully saturated rings. The van der Waals surface area contributed by atoms with Gasteiger partial charge < -0.3 is 19.6 Å². The van der Waals surface area contributed by atoms with Gasteiger partial charge in [-0.1, -0.05) is 23.7 Å². The van der Waals surface area contributed by atoms with E-state index in [1.807, 2.05) is 71.4 Å². The van der Waals surface area contributed by atoms with Crippen molar-refractivity contribution in [3.63, 3.8) is 0 Å². The van der Waals surface area contributed by atoms with E-state index in [1.54, 1.807) is 7.11 Å². The fraction of sp³-hybridized carbons (Fsp3) is 0.0952. The summed E-state index contributed by atoms with van der Waals surface area (Å²) in [5, 5.41) is 0.706. The highest BCUT2D eigenvalue weighted by Crippen LogP contribution is 2.30. The number of nitrogens with two attached hydrogens (primary N) is 1.